The van der Waals surface area contributed by atoms with Gasteiger partial charge in [-0.1, -0.05) is 15.9 Å². The normalized spacial score (nSPS) is 43.3. The Bertz CT molecular complexity index is 92.7. The van der Waals surface area contributed by atoms with Gasteiger partial charge in [-0.15, -0.1) is 0 Å². The van der Waals surface area contributed by atoms with E-state index in [1.54, 1.807) is 0 Å². The van der Waals surface area contributed by atoms with Crippen LogP contribution in [0.4, 0.5) is 0 Å². The van der Waals surface area contributed by atoms with Crippen LogP contribution in [-0.4, -0.2) is 17.9 Å². The van der Waals surface area contributed by atoms with Crippen LogP contribution in [0.25, 0.3) is 0 Å². The third kappa shape index (κ3) is 0.417. The number of nitrogens with one attached hydrogen (secondary N) is 1. The van der Waals surface area contributed by atoms with E-state index in [9.17, 15) is 0 Å². The predicted octanol–water partition coefficient (Wildman–Crippen LogP) is 0.743. The maximum atomic E-state index is 3.58. The van der Waals surface area contributed by atoms with Crippen molar-refractivity contribution in [3.8, 4) is 0 Å². The summed E-state index contributed by atoms with van der Waals surface area (Å²) in [5, 5.41) is 3.26. The van der Waals surface area contributed by atoms with Crippen LogP contribution in [0.15, 0.2) is 0 Å². The van der Waals surface area contributed by atoms with E-state index in [4.69, 9.17) is 0 Å². The Balaban J connectivity index is 2.05. The summed E-state index contributed by atoms with van der Waals surface area (Å²) in [5.41, 5.74) is 0.736. The van der Waals surface area contributed by atoms with Crippen molar-refractivity contribution in [2.75, 3.05) is 13.1 Å². The summed E-state index contributed by atoms with van der Waals surface area (Å²) in [6.07, 6.45) is 1.40. The molecule has 0 bridgehead atoms. The molecule has 1 aliphatic heterocycles. The van der Waals surface area contributed by atoms with Crippen LogP contribution < -0.4 is 5.32 Å². The van der Waals surface area contributed by atoms with E-state index in [0.29, 0.717) is 0 Å². The zero-order chi connectivity index (χ0) is 4.91. The maximum absolute atomic E-state index is 3.58. The number of alkyl halides is 1. The topological polar surface area (TPSA) is 12.0 Å². The summed E-state index contributed by atoms with van der Waals surface area (Å²) < 4.78 is 0. The highest BCUT2D eigenvalue weighted by Gasteiger charge is 2.56. The van der Waals surface area contributed by atoms with E-state index < -0.39 is 0 Å². The summed E-state index contributed by atoms with van der Waals surface area (Å²) in [4.78, 5) is 0.848. The molecular formula is C5H8BrN. The van der Waals surface area contributed by atoms with Crippen molar-refractivity contribution in [3.05, 3.63) is 0 Å². The highest BCUT2D eigenvalue weighted by atomic mass is 79.9. The molecule has 2 rings (SSSR count). The second-order valence-electron chi connectivity index (χ2n) is 2.64. The predicted molar refractivity (Wildman–Crippen MR) is 32.6 cm³/mol. The summed E-state index contributed by atoms with van der Waals surface area (Å²) in [7, 11) is 0. The lowest BCUT2D eigenvalue weighted by molar-refractivity contribution is 0.327. The summed E-state index contributed by atoms with van der Waals surface area (Å²) in [5.74, 6) is 0. The Morgan fingerprint density at radius 2 is 2.14 bits per heavy atom. The molecule has 0 aromatic carbocycles. The van der Waals surface area contributed by atoms with Crippen LogP contribution in [0.1, 0.15) is 6.42 Å². The first-order valence-corrected chi connectivity index (χ1v) is 3.60. The summed E-state index contributed by atoms with van der Waals surface area (Å²) in [6, 6.07) is 0. The van der Waals surface area contributed by atoms with Gasteiger partial charge in [0.05, 0.1) is 0 Å². The van der Waals surface area contributed by atoms with Gasteiger partial charge in [-0.05, 0) is 6.42 Å². The molecule has 7 heavy (non-hydrogen) atoms. The molecule has 0 aromatic rings. The van der Waals surface area contributed by atoms with Crippen LogP contribution in [0.3, 0.4) is 0 Å². The number of rotatable bonds is 0. The Morgan fingerprint density at radius 3 is 2.14 bits per heavy atom. The average molecular weight is 162 g/mol. The minimum Gasteiger partial charge on any atom is -0.315 e. The third-order valence-electron chi connectivity index (χ3n) is 2.04. The first-order valence-electron chi connectivity index (χ1n) is 2.68. The van der Waals surface area contributed by atoms with Gasteiger partial charge < -0.3 is 5.32 Å². The molecule has 0 amide bonds. The monoisotopic (exact) mass is 161 g/mol. The maximum Gasteiger partial charge on any atom is 0.0233 e. The van der Waals surface area contributed by atoms with Gasteiger partial charge in [-0.3, -0.25) is 0 Å². The Labute approximate surface area is 51.6 Å². The van der Waals surface area contributed by atoms with E-state index in [2.05, 4.69) is 21.2 Å². The average Bonchev–Trinajstić information content (AvgIpc) is 2.10. The highest BCUT2D eigenvalue weighted by Crippen LogP contribution is 2.53. The van der Waals surface area contributed by atoms with E-state index in [-0.39, 0.29) is 0 Å². The molecule has 1 unspecified atom stereocenters. The van der Waals surface area contributed by atoms with Crippen molar-refractivity contribution in [1.29, 1.82) is 0 Å². The standard InChI is InChI=1S/C5H8BrN/c6-4-1-5(4)2-7-3-5/h4,7H,1-3H2. The molecule has 1 saturated heterocycles. The van der Waals surface area contributed by atoms with Gasteiger partial charge in [-0.2, -0.15) is 0 Å². The van der Waals surface area contributed by atoms with Crippen LogP contribution in [0, 0.1) is 5.41 Å². The molecule has 1 N–H and O–H groups in total. The Hall–Kier alpha value is 0.440. The van der Waals surface area contributed by atoms with Crippen LogP contribution in [-0.2, 0) is 0 Å². The lowest BCUT2D eigenvalue weighted by Gasteiger charge is -2.27. The van der Waals surface area contributed by atoms with Gasteiger partial charge in [0, 0.05) is 23.3 Å². The SMILES string of the molecule is BrC1CC12CNC2. The van der Waals surface area contributed by atoms with Gasteiger partial charge in [0.25, 0.3) is 0 Å². The van der Waals surface area contributed by atoms with Gasteiger partial charge in [0.1, 0.15) is 0 Å². The largest absolute Gasteiger partial charge is 0.315 e. The molecule has 0 radical (unpaired) electrons. The van der Waals surface area contributed by atoms with Crippen molar-refractivity contribution >= 4 is 15.9 Å². The molecule has 1 spiro atoms. The number of hydrogen-bond donors (Lipinski definition) is 1. The molecule has 2 aliphatic rings. The van der Waals surface area contributed by atoms with Crippen molar-refractivity contribution in [1.82, 2.24) is 5.32 Å². The second kappa shape index (κ2) is 1.06. The lowest BCUT2D eigenvalue weighted by Crippen LogP contribution is -2.45. The molecule has 2 fully saturated rings. The van der Waals surface area contributed by atoms with Gasteiger partial charge in [0.2, 0.25) is 0 Å². The Morgan fingerprint density at radius 1 is 1.57 bits per heavy atom. The van der Waals surface area contributed by atoms with E-state index in [1.807, 2.05) is 0 Å². The smallest absolute Gasteiger partial charge is 0.0233 e. The minimum absolute atomic E-state index is 0.736. The van der Waals surface area contributed by atoms with E-state index >= 15 is 0 Å². The molecule has 1 aliphatic carbocycles. The van der Waals surface area contributed by atoms with Crippen LogP contribution >= 0.6 is 15.9 Å². The van der Waals surface area contributed by atoms with Crippen molar-refractivity contribution in [2.45, 2.75) is 11.2 Å². The van der Waals surface area contributed by atoms with Crippen molar-refractivity contribution < 1.29 is 0 Å². The molecule has 1 atom stereocenters. The molecule has 1 saturated carbocycles. The van der Waals surface area contributed by atoms with Gasteiger partial charge >= 0.3 is 0 Å². The quantitative estimate of drug-likeness (QED) is 0.518. The van der Waals surface area contributed by atoms with E-state index in [1.165, 1.54) is 19.5 Å². The zero-order valence-electron chi connectivity index (χ0n) is 4.08. The van der Waals surface area contributed by atoms with Crippen molar-refractivity contribution in [2.24, 2.45) is 5.41 Å². The first kappa shape index (κ1) is 4.33. The first-order chi connectivity index (χ1) is 3.33. The fourth-order valence-corrected chi connectivity index (χ4v) is 2.08. The van der Waals surface area contributed by atoms with E-state index in [0.717, 1.165) is 10.2 Å². The Kier molecular flexibility index (Phi) is 0.653. The van der Waals surface area contributed by atoms with Crippen LogP contribution in [0.5, 0.6) is 0 Å². The molecular weight excluding hydrogens is 154 g/mol. The second-order valence-corrected chi connectivity index (χ2v) is 3.74. The lowest BCUT2D eigenvalue weighted by atomic mass is 10.0. The highest BCUT2D eigenvalue weighted by molar-refractivity contribution is 9.09. The zero-order valence-corrected chi connectivity index (χ0v) is 5.66. The number of hydrogen-bond acceptors (Lipinski definition) is 1. The molecule has 2 heteroatoms. The summed E-state index contributed by atoms with van der Waals surface area (Å²) >= 11 is 3.58. The number of halogens is 1. The fraction of sp³-hybridized carbons (Fsp3) is 1.00. The molecule has 1 nitrogen and oxygen atoms in total. The third-order valence-corrected chi connectivity index (χ3v) is 3.34. The van der Waals surface area contributed by atoms with Gasteiger partial charge in [-0.25, -0.2) is 0 Å². The van der Waals surface area contributed by atoms with Gasteiger partial charge in [0.15, 0.2) is 0 Å². The minimum atomic E-state index is 0.736. The molecule has 1 heterocycles. The van der Waals surface area contributed by atoms with Crippen LogP contribution in [0.2, 0.25) is 0 Å². The molecule has 0 aromatic heterocycles. The fourth-order valence-electron chi connectivity index (χ4n) is 1.11. The van der Waals surface area contributed by atoms with Crippen molar-refractivity contribution in [3.63, 3.8) is 0 Å². The molecule has 40 valence electrons. The summed E-state index contributed by atoms with van der Waals surface area (Å²) in [6.45, 7) is 2.51.